The predicted molar refractivity (Wildman–Crippen MR) is 55.6 cm³/mol. The van der Waals surface area contributed by atoms with Gasteiger partial charge in [-0.05, 0) is 0 Å². The zero-order valence-corrected chi connectivity index (χ0v) is 8.66. The van der Waals surface area contributed by atoms with Crippen LogP contribution in [0, 0.1) is 0 Å². The zero-order valence-electron chi connectivity index (χ0n) is 7.84. The Balaban J connectivity index is 1.78. The van der Waals surface area contributed by atoms with E-state index in [1.807, 2.05) is 5.38 Å². The lowest BCUT2D eigenvalue weighted by Gasteiger charge is -1.98. The molecule has 1 N–H and O–H groups in total. The van der Waals surface area contributed by atoms with Gasteiger partial charge in [0.05, 0.1) is 5.69 Å². The SMILES string of the molecule is O=C(CCc1cocn1)Nc1nccs1. The lowest BCUT2D eigenvalue weighted by atomic mass is 10.2. The molecule has 15 heavy (non-hydrogen) atoms. The summed E-state index contributed by atoms with van der Waals surface area (Å²) >= 11 is 1.40. The maximum absolute atomic E-state index is 11.4. The molecule has 0 fully saturated rings. The molecule has 0 atom stereocenters. The highest BCUT2D eigenvalue weighted by atomic mass is 32.1. The van der Waals surface area contributed by atoms with Crippen LogP contribution in [0.15, 0.2) is 28.7 Å². The van der Waals surface area contributed by atoms with Gasteiger partial charge in [-0.1, -0.05) is 0 Å². The first-order valence-electron chi connectivity index (χ1n) is 4.41. The molecule has 1 amide bonds. The molecule has 0 aliphatic rings. The van der Waals surface area contributed by atoms with Gasteiger partial charge in [0.2, 0.25) is 5.91 Å². The summed E-state index contributed by atoms with van der Waals surface area (Å²) in [6, 6.07) is 0. The van der Waals surface area contributed by atoms with Crippen LogP contribution in [0.4, 0.5) is 5.13 Å². The number of hydrogen-bond donors (Lipinski definition) is 1. The lowest BCUT2D eigenvalue weighted by molar-refractivity contribution is -0.116. The van der Waals surface area contributed by atoms with Gasteiger partial charge in [-0.3, -0.25) is 4.79 Å². The molecule has 2 rings (SSSR count). The summed E-state index contributed by atoms with van der Waals surface area (Å²) in [5.41, 5.74) is 0.782. The maximum Gasteiger partial charge on any atom is 0.226 e. The number of rotatable bonds is 4. The Bertz CT molecular complexity index is 411. The molecule has 6 heteroatoms. The van der Waals surface area contributed by atoms with Crippen molar-refractivity contribution in [3.63, 3.8) is 0 Å². The highest BCUT2D eigenvalue weighted by Crippen LogP contribution is 2.10. The van der Waals surface area contributed by atoms with E-state index < -0.39 is 0 Å². The molecule has 0 aromatic carbocycles. The van der Waals surface area contributed by atoms with Crippen molar-refractivity contribution in [3.8, 4) is 0 Å². The van der Waals surface area contributed by atoms with Crippen LogP contribution < -0.4 is 5.32 Å². The Morgan fingerprint density at radius 3 is 3.13 bits per heavy atom. The molecule has 5 nitrogen and oxygen atoms in total. The van der Waals surface area contributed by atoms with Crippen molar-refractivity contribution in [1.82, 2.24) is 9.97 Å². The maximum atomic E-state index is 11.4. The third kappa shape index (κ3) is 2.88. The minimum Gasteiger partial charge on any atom is -0.451 e. The number of nitrogens with one attached hydrogen (secondary N) is 1. The second-order valence-corrected chi connectivity index (χ2v) is 3.76. The van der Waals surface area contributed by atoms with E-state index in [9.17, 15) is 4.79 Å². The first kappa shape index (κ1) is 9.85. The van der Waals surface area contributed by atoms with Crippen molar-refractivity contribution in [2.24, 2.45) is 0 Å². The molecule has 0 saturated carbocycles. The standard InChI is InChI=1S/C9H9N3O2S/c13-8(12-9-10-3-4-15-9)2-1-7-5-14-6-11-7/h3-6H,1-2H2,(H,10,12,13). The topological polar surface area (TPSA) is 68.0 Å². The van der Waals surface area contributed by atoms with E-state index in [1.54, 1.807) is 6.20 Å². The number of aryl methyl sites for hydroxylation is 1. The van der Waals surface area contributed by atoms with Gasteiger partial charge in [0, 0.05) is 24.4 Å². The average molecular weight is 223 g/mol. The van der Waals surface area contributed by atoms with Crippen molar-refractivity contribution in [2.75, 3.05) is 5.32 Å². The highest BCUT2D eigenvalue weighted by molar-refractivity contribution is 7.13. The molecular formula is C9H9N3O2S. The molecule has 0 spiro atoms. The molecular weight excluding hydrogens is 214 g/mol. The number of carbonyl (C=O) groups is 1. The third-order valence-corrected chi connectivity index (χ3v) is 2.46. The van der Waals surface area contributed by atoms with Crippen molar-refractivity contribution < 1.29 is 9.21 Å². The molecule has 0 saturated heterocycles. The second-order valence-electron chi connectivity index (χ2n) is 2.87. The van der Waals surface area contributed by atoms with Gasteiger partial charge in [-0.2, -0.15) is 0 Å². The Kier molecular flexibility index (Phi) is 3.08. The Labute approximate surface area is 90.2 Å². The number of anilines is 1. The number of hydrogen-bond acceptors (Lipinski definition) is 5. The minimum atomic E-state index is -0.0621. The first-order valence-corrected chi connectivity index (χ1v) is 5.29. The summed E-state index contributed by atoms with van der Waals surface area (Å²) in [4.78, 5) is 19.3. The number of oxazole rings is 1. The fraction of sp³-hybridized carbons (Fsp3) is 0.222. The van der Waals surface area contributed by atoms with Crippen molar-refractivity contribution >= 4 is 22.4 Å². The molecule has 0 unspecified atom stereocenters. The van der Waals surface area contributed by atoms with E-state index >= 15 is 0 Å². The molecule has 2 aromatic heterocycles. The fourth-order valence-electron chi connectivity index (χ4n) is 1.07. The van der Waals surface area contributed by atoms with E-state index in [2.05, 4.69) is 15.3 Å². The van der Waals surface area contributed by atoms with Crippen LogP contribution in [0.1, 0.15) is 12.1 Å². The average Bonchev–Trinajstić information content (AvgIpc) is 2.86. The first-order chi connectivity index (χ1) is 7.34. The van der Waals surface area contributed by atoms with Gasteiger partial charge in [0.15, 0.2) is 11.5 Å². The number of nitrogens with zero attached hydrogens (tertiary/aromatic N) is 2. The van der Waals surface area contributed by atoms with Crippen LogP contribution in [0.2, 0.25) is 0 Å². The van der Waals surface area contributed by atoms with Crippen LogP contribution in [0.3, 0.4) is 0 Å². The summed E-state index contributed by atoms with van der Waals surface area (Å²) in [6.45, 7) is 0. The number of carbonyl (C=O) groups excluding carboxylic acids is 1. The van der Waals surface area contributed by atoms with Crippen LogP contribution in [-0.2, 0) is 11.2 Å². The Hall–Kier alpha value is -1.69. The normalized spacial score (nSPS) is 10.1. The van der Waals surface area contributed by atoms with E-state index in [1.165, 1.54) is 24.0 Å². The van der Waals surface area contributed by atoms with Gasteiger partial charge in [0.25, 0.3) is 0 Å². The van der Waals surface area contributed by atoms with Crippen molar-refractivity contribution in [3.05, 3.63) is 29.9 Å². The van der Waals surface area contributed by atoms with Crippen LogP contribution >= 0.6 is 11.3 Å². The summed E-state index contributed by atoms with van der Waals surface area (Å²) < 4.78 is 4.80. The van der Waals surface area contributed by atoms with Gasteiger partial charge in [-0.25, -0.2) is 9.97 Å². The quantitative estimate of drug-likeness (QED) is 0.856. The van der Waals surface area contributed by atoms with Crippen LogP contribution in [-0.4, -0.2) is 15.9 Å². The molecule has 0 radical (unpaired) electrons. The van der Waals surface area contributed by atoms with Crippen molar-refractivity contribution in [2.45, 2.75) is 12.8 Å². The van der Waals surface area contributed by atoms with Crippen LogP contribution in [0.25, 0.3) is 0 Å². The summed E-state index contributed by atoms with van der Waals surface area (Å²) in [7, 11) is 0. The van der Waals surface area contributed by atoms with Crippen LogP contribution in [0.5, 0.6) is 0 Å². The third-order valence-electron chi connectivity index (χ3n) is 1.77. The molecule has 0 aliphatic carbocycles. The lowest BCUT2D eigenvalue weighted by Crippen LogP contribution is -2.12. The minimum absolute atomic E-state index is 0.0621. The number of aromatic nitrogens is 2. The van der Waals surface area contributed by atoms with Gasteiger partial charge in [0.1, 0.15) is 6.26 Å². The van der Waals surface area contributed by atoms with E-state index in [4.69, 9.17) is 4.42 Å². The van der Waals surface area contributed by atoms with Gasteiger partial charge >= 0.3 is 0 Å². The summed E-state index contributed by atoms with van der Waals surface area (Å²) in [5.74, 6) is -0.0621. The molecule has 0 aliphatic heterocycles. The second kappa shape index (κ2) is 4.70. The number of thiazole rings is 1. The molecule has 0 bridgehead atoms. The highest BCUT2D eigenvalue weighted by Gasteiger charge is 2.05. The molecule has 78 valence electrons. The van der Waals surface area contributed by atoms with Crippen molar-refractivity contribution in [1.29, 1.82) is 0 Å². The number of amides is 1. The predicted octanol–water partition coefficient (Wildman–Crippen LogP) is 1.70. The molecule has 2 heterocycles. The Morgan fingerprint density at radius 1 is 1.53 bits per heavy atom. The van der Waals surface area contributed by atoms with Gasteiger partial charge < -0.3 is 9.73 Å². The summed E-state index contributed by atoms with van der Waals surface area (Å²) in [6.07, 6.45) is 5.50. The van der Waals surface area contributed by atoms with E-state index in [-0.39, 0.29) is 5.91 Å². The van der Waals surface area contributed by atoms with E-state index in [0.717, 1.165) is 5.69 Å². The summed E-state index contributed by atoms with van der Waals surface area (Å²) in [5, 5.41) is 5.13. The Morgan fingerprint density at radius 2 is 2.47 bits per heavy atom. The zero-order chi connectivity index (χ0) is 10.5. The monoisotopic (exact) mass is 223 g/mol. The fourth-order valence-corrected chi connectivity index (χ4v) is 1.61. The largest absolute Gasteiger partial charge is 0.451 e. The smallest absolute Gasteiger partial charge is 0.226 e. The molecule has 2 aromatic rings. The van der Waals surface area contributed by atoms with Gasteiger partial charge in [-0.15, -0.1) is 11.3 Å². The van der Waals surface area contributed by atoms with E-state index in [0.29, 0.717) is 18.0 Å².